The second-order valence-electron chi connectivity index (χ2n) is 8.80. The third-order valence-corrected chi connectivity index (χ3v) is 11.1. The van der Waals surface area contributed by atoms with E-state index in [2.05, 4.69) is 45.0 Å². The molecule has 4 nitrogen and oxygen atoms in total. The molecule has 0 aliphatic heterocycles. The van der Waals surface area contributed by atoms with E-state index in [1.54, 1.807) is 0 Å². The molecule has 1 unspecified atom stereocenters. The van der Waals surface area contributed by atoms with E-state index in [-0.39, 0.29) is 17.4 Å². The molecule has 2 aromatic rings. The van der Waals surface area contributed by atoms with E-state index in [1.807, 2.05) is 36.4 Å². The summed E-state index contributed by atoms with van der Waals surface area (Å²) in [6, 6.07) is 20.5. The Morgan fingerprint density at radius 1 is 1.00 bits per heavy atom. The Morgan fingerprint density at radius 2 is 1.52 bits per heavy atom. The first-order valence-corrected chi connectivity index (χ1v) is 12.1. The van der Waals surface area contributed by atoms with Crippen LogP contribution in [-0.2, 0) is 18.8 Å². The minimum Gasteiger partial charge on any atom is -0.468 e. The normalized spacial score (nSPS) is 19.9. The average molecular weight is 411 g/mol. The van der Waals surface area contributed by atoms with Crippen LogP contribution in [0.1, 0.15) is 40.0 Å². The predicted molar refractivity (Wildman–Crippen MR) is 117 cm³/mol. The molecule has 3 rings (SSSR count). The summed E-state index contributed by atoms with van der Waals surface area (Å²) in [4.78, 5) is 25.4. The van der Waals surface area contributed by atoms with Crippen molar-refractivity contribution in [2.24, 2.45) is 5.41 Å². The molecule has 0 bridgehead atoms. The summed E-state index contributed by atoms with van der Waals surface area (Å²) >= 11 is 0. The molecule has 1 saturated carbocycles. The fourth-order valence-corrected chi connectivity index (χ4v) is 9.16. The Bertz CT molecular complexity index is 818. The molecular weight excluding hydrogens is 380 g/mol. The number of hydrogen-bond donors (Lipinski definition) is 0. The number of esters is 1. The molecule has 0 spiro atoms. The first-order valence-electron chi connectivity index (χ1n) is 10.1. The molecule has 2 aromatic carbocycles. The minimum absolute atomic E-state index is 0.0613. The van der Waals surface area contributed by atoms with Gasteiger partial charge >= 0.3 is 5.97 Å². The van der Waals surface area contributed by atoms with Gasteiger partial charge in [0.15, 0.2) is 5.78 Å². The highest BCUT2D eigenvalue weighted by Crippen LogP contribution is 2.41. The van der Waals surface area contributed by atoms with Crippen molar-refractivity contribution in [3.8, 4) is 0 Å². The molecule has 0 N–H and O–H groups in total. The maximum absolute atomic E-state index is 12.8. The van der Waals surface area contributed by atoms with E-state index in [9.17, 15) is 9.59 Å². The van der Waals surface area contributed by atoms with E-state index >= 15 is 0 Å². The van der Waals surface area contributed by atoms with Gasteiger partial charge in [-0.1, -0.05) is 81.4 Å². The Balaban J connectivity index is 2.14. The Morgan fingerprint density at radius 3 is 1.90 bits per heavy atom. The number of carbonyl (C=O) groups excluding carboxylic acids is 2. The number of ketones is 1. The summed E-state index contributed by atoms with van der Waals surface area (Å²) in [5.41, 5.74) is -1.19. The molecule has 29 heavy (non-hydrogen) atoms. The topological polar surface area (TPSA) is 52.6 Å². The molecule has 0 radical (unpaired) electrons. The number of rotatable bonds is 6. The van der Waals surface area contributed by atoms with Crippen LogP contribution in [0.2, 0.25) is 5.04 Å². The second-order valence-corrected chi connectivity index (χ2v) is 13.1. The zero-order valence-electron chi connectivity index (χ0n) is 17.7. The number of benzene rings is 2. The number of methoxy groups -OCH3 is 1. The summed E-state index contributed by atoms with van der Waals surface area (Å²) in [5, 5.41) is 2.04. The molecule has 1 atom stereocenters. The molecule has 154 valence electrons. The first kappa shape index (κ1) is 21.5. The molecule has 1 aliphatic carbocycles. The standard InChI is InChI=1S/C24H30O4Si/c1-23(2,3)29(19-12-7-5-8-13-19,20-14-9-6-10-15-20)28-18-24(22(26)27-4)17-11-16-21(24)25/h5-10,12-15H,11,16-18H2,1-4H3. The van der Waals surface area contributed by atoms with E-state index in [0.717, 1.165) is 10.4 Å². The molecule has 0 heterocycles. The molecule has 0 aromatic heterocycles. The van der Waals surface area contributed by atoms with Crippen LogP contribution in [0.15, 0.2) is 60.7 Å². The van der Waals surface area contributed by atoms with Crippen LogP contribution < -0.4 is 10.4 Å². The maximum atomic E-state index is 12.8. The van der Waals surface area contributed by atoms with Crippen LogP contribution in [0, 0.1) is 5.41 Å². The van der Waals surface area contributed by atoms with Crippen LogP contribution in [0.25, 0.3) is 0 Å². The lowest BCUT2D eigenvalue weighted by molar-refractivity contribution is -0.158. The number of carbonyl (C=O) groups is 2. The largest absolute Gasteiger partial charge is 0.468 e. The SMILES string of the molecule is COC(=O)C1(CO[Si](c2ccccc2)(c2ccccc2)C(C)(C)C)CCCC1=O. The predicted octanol–water partition coefficient (Wildman–Crippen LogP) is 3.48. The van der Waals surface area contributed by atoms with Gasteiger partial charge in [-0.3, -0.25) is 9.59 Å². The van der Waals surface area contributed by atoms with Crippen LogP contribution >= 0.6 is 0 Å². The second kappa shape index (κ2) is 8.25. The number of ether oxygens (including phenoxy) is 1. The van der Waals surface area contributed by atoms with Gasteiger partial charge in [0.2, 0.25) is 0 Å². The summed E-state index contributed by atoms with van der Waals surface area (Å²) in [6.07, 6.45) is 1.58. The van der Waals surface area contributed by atoms with Crippen LogP contribution in [0.5, 0.6) is 0 Å². The first-order chi connectivity index (χ1) is 13.8. The van der Waals surface area contributed by atoms with Crippen molar-refractivity contribution in [3.63, 3.8) is 0 Å². The molecule has 1 aliphatic rings. The van der Waals surface area contributed by atoms with Crippen molar-refractivity contribution in [2.45, 2.75) is 45.1 Å². The molecule has 0 saturated heterocycles. The zero-order valence-corrected chi connectivity index (χ0v) is 18.7. The van der Waals surface area contributed by atoms with E-state index in [1.165, 1.54) is 7.11 Å². The van der Waals surface area contributed by atoms with Gasteiger partial charge in [0, 0.05) is 6.42 Å². The van der Waals surface area contributed by atoms with E-state index < -0.39 is 19.7 Å². The van der Waals surface area contributed by atoms with Crippen molar-refractivity contribution in [1.29, 1.82) is 0 Å². The highest BCUT2D eigenvalue weighted by atomic mass is 28.4. The number of Topliss-reactive ketones (excluding diaryl/α,β-unsaturated/α-hetero) is 1. The van der Waals surface area contributed by atoms with Crippen molar-refractivity contribution in [2.75, 3.05) is 13.7 Å². The lowest BCUT2D eigenvalue weighted by atomic mass is 9.86. The third kappa shape index (κ3) is 3.69. The molecule has 5 heteroatoms. The van der Waals surface area contributed by atoms with Gasteiger partial charge in [0.1, 0.15) is 5.41 Å². The molecule has 1 fully saturated rings. The average Bonchev–Trinajstić information content (AvgIpc) is 3.10. The summed E-state index contributed by atoms with van der Waals surface area (Å²) in [7, 11) is -1.47. The van der Waals surface area contributed by atoms with Gasteiger partial charge in [0.25, 0.3) is 8.32 Å². The van der Waals surface area contributed by atoms with E-state index in [4.69, 9.17) is 9.16 Å². The van der Waals surface area contributed by atoms with Crippen molar-refractivity contribution in [1.82, 2.24) is 0 Å². The maximum Gasteiger partial charge on any atom is 0.321 e. The molecular formula is C24H30O4Si. The number of hydrogen-bond acceptors (Lipinski definition) is 4. The van der Waals surface area contributed by atoms with Gasteiger partial charge in [-0.05, 0) is 28.3 Å². The fourth-order valence-electron chi connectivity index (χ4n) is 4.55. The Labute approximate surface area is 174 Å². The van der Waals surface area contributed by atoms with E-state index in [0.29, 0.717) is 19.3 Å². The summed E-state index contributed by atoms with van der Waals surface area (Å²) in [5.74, 6) is -0.541. The smallest absolute Gasteiger partial charge is 0.321 e. The summed E-state index contributed by atoms with van der Waals surface area (Å²) < 4.78 is 11.9. The van der Waals surface area contributed by atoms with Gasteiger partial charge in [0.05, 0.1) is 13.7 Å². The zero-order chi connectivity index (χ0) is 21.1. The Hall–Kier alpha value is -2.24. The highest BCUT2D eigenvalue weighted by Gasteiger charge is 2.55. The fraction of sp³-hybridized carbons (Fsp3) is 0.417. The van der Waals surface area contributed by atoms with Crippen LogP contribution in [0.3, 0.4) is 0 Å². The Kier molecular flexibility index (Phi) is 6.10. The lowest BCUT2D eigenvalue weighted by Crippen LogP contribution is -2.67. The van der Waals surface area contributed by atoms with Crippen molar-refractivity contribution >= 4 is 30.4 Å². The monoisotopic (exact) mass is 410 g/mol. The third-order valence-electron chi connectivity index (χ3n) is 6.07. The van der Waals surface area contributed by atoms with Crippen molar-refractivity contribution in [3.05, 3.63) is 60.7 Å². The van der Waals surface area contributed by atoms with Gasteiger partial charge in [-0.15, -0.1) is 0 Å². The van der Waals surface area contributed by atoms with Gasteiger partial charge in [-0.2, -0.15) is 0 Å². The highest BCUT2D eigenvalue weighted by molar-refractivity contribution is 6.99. The molecule has 0 amide bonds. The quantitative estimate of drug-likeness (QED) is 0.416. The lowest BCUT2D eigenvalue weighted by Gasteiger charge is -2.44. The van der Waals surface area contributed by atoms with Gasteiger partial charge < -0.3 is 9.16 Å². The van der Waals surface area contributed by atoms with Crippen LogP contribution in [-0.4, -0.2) is 33.8 Å². The van der Waals surface area contributed by atoms with Gasteiger partial charge in [-0.25, -0.2) is 0 Å². The van der Waals surface area contributed by atoms with Crippen molar-refractivity contribution < 1.29 is 18.8 Å². The van der Waals surface area contributed by atoms with Crippen LogP contribution in [0.4, 0.5) is 0 Å². The summed E-state index contributed by atoms with van der Waals surface area (Å²) in [6.45, 7) is 6.60. The minimum atomic E-state index is -2.81.